The van der Waals surface area contributed by atoms with Gasteiger partial charge >= 0.3 is 0 Å². The van der Waals surface area contributed by atoms with Crippen molar-refractivity contribution in [1.82, 2.24) is 14.9 Å². The van der Waals surface area contributed by atoms with Crippen molar-refractivity contribution in [2.75, 3.05) is 31.1 Å². The molecule has 0 radical (unpaired) electrons. The van der Waals surface area contributed by atoms with Crippen LogP contribution in [0.15, 0.2) is 17.2 Å². The predicted molar refractivity (Wildman–Crippen MR) is 77.7 cm³/mol. The summed E-state index contributed by atoms with van der Waals surface area (Å²) in [5, 5.41) is 3.38. The van der Waals surface area contributed by atoms with E-state index in [1.54, 1.807) is 17.0 Å². The number of hydrogen-bond donors (Lipinski definition) is 1. The minimum atomic E-state index is 0.0285. The van der Waals surface area contributed by atoms with E-state index in [1.807, 2.05) is 6.92 Å². The number of hydrogen-bond acceptors (Lipinski definition) is 4. The number of rotatable bonds is 5. The molecule has 0 saturated carbocycles. The van der Waals surface area contributed by atoms with Crippen LogP contribution in [-0.2, 0) is 6.54 Å². The molecule has 1 aromatic heterocycles. The molecular formula is C14H24N4O. The minimum Gasteiger partial charge on any atom is -0.352 e. The fraction of sp³-hybridized carbons (Fsp3) is 0.714. The first kappa shape index (κ1) is 14.1. The van der Waals surface area contributed by atoms with E-state index in [0.717, 1.165) is 26.2 Å². The second-order valence-electron chi connectivity index (χ2n) is 5.07. The molecule has 0 unspecified atom stereocenters. The topological polar surface area (TPSA) is 50.2 Å². The average Bonchev–Trinajstić information content (AvgIpc) is 2.46. The van der Waals surface area contributed by atoms with Gasteiger partial charge in [0.2, 0.25) is 0 Å². The number of nitrogens with zero attached hydrogens (tertiary/aromatic N) is 3. The molecule has 19 heavy (non-hydrogen) atoms. The summed E-state index contributed by atoms with van der Waals surface area (Å²) in [6, 6.07) is 0. The van der Waals surface area contributed by atoms with Gasteiger partial charge in [0, 0.05) is 32.0 Å². The Kier molecular flexibility index (Phi) is 4.96. The van der Waals surface area contributed by atoms with Crippen molar-refractivity contribution in [3.05, 3.63) is 22.7 Å². The Balaban J connectivity index is 2.14. The maximum atomic E-state index is 12.3. The third kappa shape index (κ3) is 3.35. The first-order valence-electron chi connectivity index (χ1n) is 7.27. The van der Waals surface area contributed by atoms with Crippen LogP contribution in [0.4, 0.5) is 5.82 Å². The monoisotopic (exact) mass is 264 g/mol. The molecule has 0 amide bonds. The number of aromatic nitrogens is 2. The molecule has 1 aliphatic rings. The van der Waals surface area contributed by atoms with E-state index >= 15 is 0 Å². The van der Waals surface area contributed by atoms with Crippen molar-refractivity contribution < 1.29 is 0 Å². The van der Waals surface area contributed by atoms with Crippen LogP contribution in [0.3, 0.4) is 0 Å². The van der Waals surface area contributed by atoms with Crippen LogP contribution in [0.5, 0.6) is 0 Å². The summed E-state index contributed by atoms with van der Waals surface area (Å²) < 4.78 is 1.72. The normalized spacial score (nSPS) is 16.5. The fourth-order valence-electron chi connectivity index (χ4n) is 2.64. The highest BCUT2D eigenvalue weighted by atomic mass is 16.1. The van der Waals surface area contributed by atoms with Gasteiger partial charge in [0.1, 0.15) is 0 Å². The van der Waals surface area contributed by atoms with E-state index in [1.165, 1.54) is 12.8 Å². The van der Waals surface area contributed by atoms with Gasteiger partial charge in [-0.3, -0.25) is 4.79 Å². The summed E-state index contributed by atoms with van der Waals surface area (Å²) in [5.41, 5.74) is 0.0285. The molecule has 1 saturated heterocycles. The third-order valence-electron chi connectivity index (χ3n) is 3.85. The van der Waals surface area contributed by atoms with Gasteiger partial charge in [0.25, 0.3) is 5.56 Å². The summed E-state index contributed by atoms with van der Waals surface area (Å²) in [6.07, 6.45) is 5.85. The van der Waals surface area contributed by atoms with Crippen molar-refractivity contribution >= 4 is 5.82 Å². The lowest BCUT2D eigenvalue weighted by Gasteiger charge is -2.29. The van der Waals surface area contributed by atoms with Crippen LogP contribution in [-0.4, -0.2) is 35.7 Å². The lowest BCUT2D eigenvalue weighted by molar-refractivity contribution is 0.373. The molecule has 0 aliphatic carbocycles. The Bertz CT molecular complexity index is 451. The quantitative estimate of drug-likeness (QED) is 0.865. The summed E-state index contributed by atoms with van der Waals surface area (Å²) in [6.45, 7) is 8.71. The van der Waals surface area contributed by atoms with Crippen LogP contribution in [0.1, 0.15) is 26.7 Å². The number of aryl methyl sites for hydroxylation is 1. The van der Waals surface area contributed by atoms with Crippen LogP contribution in [0.25, 0.3) is 0 Å². The molecule has 1 aromatic rings. The first-order chi connectivity index (χ1) is 9.26. The Labute approximate surface area is 114 Å². The molecule has 2 heterocycles. The third-order valence-corrected chi connectivity index (χ3v) is 3.85. The van der Waals surface area contributed by atoms with Gasteiger partial charge in [-0.25, -0.2) is 4.98 Å². The van der Waals surface area contributed by atoms with Crippen LogP contribution < -0.4 is 15.8 Å². The van der Waals surface area contributed by atoms with Gasteiger partial charge in [0.15, 0.2) is 5.82 Å². The van der Waals surface area contributed by atoms with E-state index in [2.05, 4.69) is 22.1 Å². The van der Waals surface area contributed by atoms with Gasteiger partial charge in [-0.1, -0.05) is 0 Å². The smallest absolute Gasteiger partial charge is 0.293 e. The predicted octanol–water partition coefficient (Wildman–Crippen LogP) is 1.09. The number of piperidine rings is 1. The van der Waals surface area contributed by atoms with Crippen molar-refractivity contribution in [1.29, 1.82) is 0 Å². The van der Waals surface area contributed by atoms with Gasteiger partial charge in [0.05, 0.1) is 0 Å². The van der Waals surface area contributed by atoms with Gasteiger partial charge < -0.3 is 14.8 Å². The first-order valence-corrected chi connectivity index (χ1v) is 7.27. The van der Waals surface area contributed by atoms with E-state index in [0.29, 0.717) is 18.3 Å². The molecule has 0 aromatic carbocycles. The molecule has 5 heteroatoms. The molecule has 1 aliphatic heterocycles. The summed E-state index contributed by atoms with van der Waals surface area (Å²) in [7, 11) is 0. The number of anilines is 1. The summed E-state index contributed by atoms with van der Waals surface area (Å²) >= 11 is 0. The molecule has 0 spiro atoms. The van der Waals surface area contributed by atoms with E-state index in [-0.39, 0.29) is 5.56 Å². The molecule has 106 valence electrons. The van der Waals surface area contributed by atoms with Crippen LogP contribution in [0, 0.1) is 5.92 Å². The van der Waals surface area contributed by atoms with Crippen molar-refractivity contribution in [2.24, 2.45) is 5.92 Å². The Morgan fingerprint density at radius 1 is 1.42 bits per heavy atom. The lowest BCUT2D eigenvalue weighted by Crippen LogP contribution is -2.39. The van der Waals surface area contributed by atoms with E-state index in [9.17, 15) is 4.79 Å². The van der Waals surface area contributed by atoms with Crippen molar-refractivity contribution in [3.63, 3.8) is 0 Å². The highest BCUT2D eigenvalue weighted by molar-refractivity contribution is 5.35. The molecular weight excluding hydrogens is 240 g/mol. The molecule has 1 fully saturated rings. The average molecular weight is 264 g/mol. The highest BCUT2D eigenvalue weighted by Crippen LogP contribution is 2.15. The summed E-state index contributed by atoms with van der Waals surface area (Å²) in [4.78, 5) is 18.7. The van der Waals surface area contributed by atoms with Gasteiger partial charge in [-0.15, -0.1) is 0 Å². The van der Waals surface area contributed by atoms with Crippen LogP contribution in [0.2, 0.25) is 0 Å². The maximum Gasteiger partial charge on any atom is 0.293 e. The largest absolute Gasteiger partial charge is 0.352 e. The van der Waals surface area contributed by atoms with E-state index < -0.39 is 0 Å². The second-order valence-corrected chi connectivity index (χ2v) is 5.07. The molecule has 5 nitrogen and oxygen atoms in total. The summed E-state index contributed by atoms with van der Waals surface area (Å²) in [5.74, 6) is 1.27. The Hall–Kier alpha value is -1.36. The van der Waals surface area contributed by atoms with Crippen molar-refractivity contribution in [2.45, 2.75) is 33.2 Å². The highest BCUT2D eigenvalue weighted by Gasteiger charge is 2.19. The van der Waals surface area contributed by atoms with Gasteiger partial charge in [-0.2, -0.15) is 0 Å². The lowest BCUT2D eigenvalue weighted by atomic mass is 9.97. The zero-order valence-electron chi connectivity index (χ0n) is 11.9. The van der Waals surface area contributed by atoms with E-state index in [4.69, 9.17) is 0 Å². The second kappa shape index (κ2) is 6.70. The molecule has 0 atom stereocenters. The Morgan fingerprint density at radius 2 is 2.16 bits per heavy atom. The SMILES string of the molecule is CCN(CC1CCNCC1)c1nccn(CC)c1=O. The molecule has 0 bridgehead atoms. The zero-order chi connectivity index (χ0) is 13.7. The maximum absolute atomic E-state index is 12.3. The fourth-order valence-corrected chi connectivity index (χ4v) is 2.64. The Morgan fingerprint density at radius 3 is 2.79 bits per heavy atom. The van der Waals surface area contributed by atoms with Crippen LogP contribution >= 0.6 is 0 Å². The van der Waals surface area contributed by atoms with Gasteiger partial charge in [-0.05, 0) is 45.7 Å². The van der Waals surface area contributed by atoms with Crippen molar-refractivity contribution in [3.8, 4) is 0 Å². The molecule has 1 N–H and O–H groups in total. The molecule has 2 rings (SSSR count). The standard InChI is InChI=1S/C14H24N4O/c1-3-17-10-9-16-13(14(17)19)18(4-2)11-12-5-7-15-8-6-12/h9-10,12,15H,3-8,11H2,1-2H3. The minimum absolute atomic E-state index is 0.0285. The zero-order valence-corrected chi connectivity index (χ0v) is 11.9. The number of nitrogens with one attached hydrogen (secondary N) is 1.